The van der Waals surface area contributed by atoms with Gasteiger partial charge in [0, 0.05) is 17.1 Å². The molecule has 0 unspecified atom stereocenters. The number of H-pyrrole nitrogens is 1. The SMILES string of the molecule is C#Cc1ccc2c(=O)c(C(=O)O)c[nH]c2c1. The number of nitrogens with one attached hydrogen (secondary N) is 1. The number of carboxylic acids is 1. The van der Waals surface area contributed by atoms with Crippen molar-refractivity contribution in [1.82, 2.24) is 4.98 Å². The van der Waals surface area contributed by atoms with Gasteiger partial charge in [0.05, 0.1) is 5.52 Å². The molecule has 0 fully saturated rings. The van der Waals surface area contributed by atoms with Crippen LogP contribution in [0.3, 0.4) is 0 Å². The van der Waals surface area contributed by atoms with E-state index in [-0.39, 0.29) is 5.56 Å². The lowest BCUT2D eigenvalue weighted by Crippen LogP contribution is -2.15. The number of rotatable bonds is 1. The average Bonchev–Trinajstić information content (AvgIpc) is 2.28. The fourth-order valence-electron chi connectivity index (χ4n) is 1.47. The Bertz CT molecular complexity index is 677. The maximum atomic E-state index is 11.7. The van der Waals surface area contributed by atoms with E-state index in [0.717, 1.165) is 0 Å². The summed E-state index contributed by atoms with van der Waals surface area (Å²) < 4.78 is 0. The quantitative estimate of drug-likeness (QED) is 0.699. The second-order valence-electron chi connectivity index (χ2n) is 3.24. The highest BCUT2D eigenvalue weighted by atomic mass is 16.4. The van der Waals surface area contributed by atoms with Crippen LogP contribution in [-0.4, -0.2) is 16.1 Å². The first-order valence-corrected chi connectivity index (χ1v) is 4.49. The Hall–Kier alpha value is -2.54. The fraction of sp³-hybridized carbons (Fsp3) is 0. The minimum Gasteiger partial charge on any atom is -0.477 e. The van der Waals surface area contributed by atoms with Crippen LogP contribution in [0.15, 0.2) is 29.2 Å². The Morgan fingerprint density at radius 1 is 1.44 bits per heavy atom. The molecule has 0 atom stereocenters. The van der Waals surface area contributed by atoms with Gasteiger partial charge in [0.25, 0.3) is 0 Å². The Labute approximate surface area is 90.5 Å². The molecule has 4 nitrogen and oxygen atoms in total. The number of terminal acetylenes is 1. The van der Waals surface area contributed by atoms with E-state index in [2.05, 4.69) is 10.9 Å². The van der Waals surface area contributed by atoms with Gasteiger partial charge in [-0.15, -0.1) is 6.42 Å². The number of aromatic carboxylic acids is 1. The highest BCUT2D eigenvalue weighted by Gasteiger charge is 2.10. The number of carbonyl (C=O) groups is 1. The van der Waals surface area contributed by atoms with E-state index in [1.54, 1.807) is 12.1 Å². The molecule has 2 aromatic rings. The monoisotopic (exact) mass is 213 g/mol. The van der Waals surface area contributed by atoms with E-state index in [1.807, 2.05) is 0 Å². The van der Waals surface area contributed by atoms with Crippen LogP contribution in [0.4, 0.5) is 0 Å². The summed E-state index contributed by atoms with van der Waals surface area (Å²) in [6.07, 6.45) is 6.39. The van der Waals surface area contributed by atoms with Crippen LogP contribution in [-0.2, 0) is 0 Å². The van der Waals surface area contributed by atoms with Crippen molar-refractivity contribution in [3.8, 4) is 12.3 Å². The number of hydrogen-bond acceptors (Lipinski definition) is 2. The molecular weight excluding hydrogens is 206 g/mol. The molecule has 0 aliphatic rings. The van der Waals surface area contributed by atoms with Gasteiger partial charge in [0.1, 0.15) is 5.56 Å². The van der Waals surface area contributed by atoms with Crippen molar-refractivity contribution < 1.29 is 9.90 Å². The van der Waals surface area contributed by atoms with E-state index < -0.39 is 11.4 Å². The summed E-state index contributed by atoms with van der Waals surface area (Å²) >= 11 is 0. The normalized spacial score (nSPS) is 9.94. The Kier molecular flexibility index (Phi) is 2.22. The van der Waals surface area contributed by atoms with Crippen LogP contribution in [0.1, 0.15) is 15.9 Å². The van der Waals surface area contributed by atoms with Crippen molar-refractivity contribution in [3.63, 3.8) is 0 Å². The van der Waals surface area contributed by atoms with Crippen molar-refractivity contribution in [2.45, 2.75) is 0 Å². The molecule has 2 rings (SSSR count). The second kappa shape index (κ2) is 3.55. The molecule has 78 valence electrons. The first-order chi connectivity index (χ1) is 7.63. The number of pyridine rings is 1. The summed E-state index contributed by atoms with van der Waals surface area (Å²) in [5.74, 6) is 1.19. The highest BCUT2D eigenvalue weighted by molar-refractivity contribution is 5.92. The minimum atomic E-state index is -1.25. The lowest BCUT2D eigenvalue weighted by Gasteiger charge is -2.00. The summed E-state index contributed by atoms with van der Waals surface area (Å²) in [7, 11) is 0. The molecule has 4 heteroatoms. The maximum Gasteiger partial charge on any atom is 0.341 e. The van der Waals surface area contributed by atoms with E-state index in [0.29, 0.717) is 16.5 Å². The molecule has 1 aromatic carbocycles. The zero-order chi connectivity index (χ0) is 11.7. The third kappa shape index (κ3) is 1.44. The van der Waals surface area contributed by atoms with Crippen LogP contribution < -0.4 is 5.43 Å². The van der Waals surface area contributed by atoms with Gasteiger partial charge in [0.15, 0.2) is 0 Å². The first kappa shape index (κ1) is 9.99. The summed E-state index contributed by atoms with van der Waals surface area (Å²) in [6, 6.07) is 4.75. The summed E-state index contributed by atoms with van der Waals surface area (Å²) in [6.45, 7) is 0. The van der Waals surface area contributed by atoms with E-state index in [1.165, 1.54) is 12.3 Å². The number of aromatic amines is 1. The van der Waals surface area contributed by atoms with Crippen molar-refractivity contribution in [2.24, 2.45) is 0 Å². The van der Waals surface area contributed by atoms with Crippen LogP contribution in [0.2, 0.25) is 0 Å². The molecule has 0 spiro atoms. The van der Waals surface area contributed by atoms with E-state index >= 15 is 0 Å². The molecule has 2 N–H and O–H groups in total. The molecule has 0 amide bonds. The number of benzene rings is 1. The molecule has 0 bridgehead atoms. The lowest BCUT2D eigenvalue weighted by atomic mass is 10.1. The number of hydrogen-bond donors (Lipinski definition) is 2. The largest absolute Gasteiger partial charge is 0.477 e. The average molecular weight is 213 g/mol. The molecule has 0 radical (unpaired) electrons. The van der Waals surface area contributed by atoms with Crippen molar-refractivity contribution in [2.75, 3.05) is 0 Å². The predicted octanol–water partition coefficient (Wildman–Crippen LogP) is 1.21. The zero-order valence-electron chi connectivity index (χ0n) is 8.15. The van der Waals surface area contributed by atoms with Gasteiger partial charge in [-0.2, -0.15) is 0 Å². The molecular formula is C12H7NO3. The van der Waals surface area contributed by atoms with Crippen molar-refractivity contribution >= 4 is 16.9 Å². The molecule has 0 saturated carbocycles. The van der Waals surface area contributed by atoms with Crippen LogP contribution in [0.25, 0.3) is 10.9 Å². The van der Waals surface area contributed by atoms with Crippen LogP contribution in [0, 0.1) is 12.3 Å². The van der Waals surface area contributed by atoms with Gasteiger partial charge in [-0.3, -0.25) is 4.79 Å². The van der Waals surface area contributed by atoms with Crippen molar-refractivity contribution in [3.05, 3.63) is 45.7 Å². The minimum absolute atomic E-state index is 0.277. The van der Waals surface area contributed by atoms with E-state index in [4.69, 9.17) is 11.5 Å². The Morgan fingerprint density at radius 3 is 2.81 bits per heavy atom. The summed E-state index contributed by atoms with van der Waals surface area (Å²) in [5.41, 5.74) is 0.377. The number of aromatic nitrogens is 1. The Morgan fingerprint density at radius 2 is 2.19 bits per heavy atom. The Balaban J connectivity index is 2.83. The summed E-state index contributed by atoms with van der Waals surface area (Å²) in [5, 5.41) is 9.09. The van der Waals surface area contributed by atoms with Gasteiger partial charge >= 0.3 is 5.97 Å². The molecule has 0 aliphatic carbocycles. The maximum absolute atomic E-state index is 11.7. The fourth-order valence-corrected chi connectivity index (χ4v) is 1.47. The molecule has 1 heterocycles. The van der Waals surface area contributed by atoms with Gasteiger partial charge in [-0.1, -0.05) is 5.92 Å². The highest BCUT2D eigenvalue weighted by Crippen LogP contribution is 2.10. The number of fused-ring (bicyclic) bond motifs is 1. The smallest absolute Gasteiger partial charge is 0.341 e. The van der Waals surface area contributed by atoms with Gasteiger partial charge in [0.2, 0.25) is 5.43 Å². The topological polar surface area (TPSA) is 70.2 Å². The predicted molar refractivity (Wildman–Crippen MR) is 59.5 cm³/mol. The third-order valence-electron chi connectivity index (χ3n) is 2.28. The van der Waals surface area contributed by atoms with Crippen LogP contribution in [0.5, 0.6) is 0 Å². The molecule has 0 aliphatic heterocycles. The molecule has 0 saturated heterocycles. The molecule has 1 aromatic heterocycles. The van der Waals surface area contributed by atoms with E-state index in [9.17, 15) is 9.59 Å². The van der Waals surface area contributed by atoms with Crippen molar-refractivity contribution in [1.29, 1.82) is 0 Å². The molecule has 16 heavy (non-hydrogen) atoms. The zero-order valence-corrected chi connectivity index (χ0v) is 8.15. The number of carboxylic acid groups (broad SMARTS) is 1. The van der Waals surface area contributed by atoms with Gasteiger partial charge in [-0.25, -0.2) is 4.79 Å². The second-order valence-corrected chi connectivity index (χ2v) is 3.24. The summed E-state index contributed by atoms with van der Waals surface area (Å²) in [4.78, 5) is 25.2. The first-order valence-electron chi connectivity index (χ1n) is 4.49. The standard InChI is InChI=1S/C12H7NO3/c1-2-7-3-4-8-10(5-7)13-6-9(11(8)14)12(15)16/h1,3-6H,(H,13,14)(H,15,16). The van der Waals surface area contributed by atoms with Gasteiger partial charge < -0.3 is 10.1 Å². The lowest BCUT2D eigenvalue weighted by molar-refractivity contribution is 0.0695. The van der Waals surface area contributed by atoms with Gasteiger partial charge in [-0.05, 0) is 18.2 Å². The van der Waals surface area contributed by atoms with Crippen LogP contribution >= 0.6 is 0 Å². The third-order valence-corrected chi connectivity index (χ3v) is 2.28.